The van der Waals surface area contributed by atoms with Crippen LogP contribution in [0.4, 0.5) is 0 Å². The first-order chi connectivity index (χ1) is 11.5. The van der Waals surface area contributed by atoms with Crippen LogP contribution >= 0.6 is 0 Å². The van der Waals surface area contributed by atoms with E-state index < -0.39 is 9.84 Å². The number of likely N-dealkylation sites (N-methyl/N-ethyl adjacent to an activating group) is 1. The lowest BCUT2D eigenvalue weighted by molar-refractivity contribution is -0.134. The Morgan fingerprint density at radius 1 is 1.21 bits per heavy atom. The first-order valence-electron chi connectivity index (χ1n) is 8.61. The van der Waals surface area contributed by atoms with Gasteiger partial charge >= 0.3 is 0 Å². The molecule has 0 bridgehead atoms. The monoisotopic (exact) mass is 351 g/mol. The molecule has 1 aromatic rings. The molecule has 0 radical (unpaired) electrons. The van der Waals surface area contributed by atoms with Gasteiger partial charge in [0.2, 0.25) is 5.91 Å². The van der Waals surface area contributed by atoms with E-state index in [1.54, 1.807) is 17.3 Å². The molecule has 24 heavy (non-hydrogen) atoms. The third-order valence-electron chi connectivity index (χ3n) is 4.85. The van der Waals surface area contributed by atoms with Crippen LogP contribution in [-0.2, 0) is 21.2 Å². The molecule has 2 heterocycles. The average molecular weight is 351 g/mol. The number of aromatic nitrogens is 1. The largest absolute Gasteiger partial charge is 0.338 e. The molecule has 1 atom stereocenters. The molecule has 0 spiro atoms. The second kappa shape index (κ2) is 7.19. The van der Waals surface area contributed by atoms with Crippen molar-refractivity contribution in [1.29, 1.82) is 0 Å². The van der Waals surface area contributed by atoms with Crippen LogP contribution in [0.3, 0.4) is 0 Å². The second-order valence-electron chi connectivity index (χ2n) is 6.73. The Morgan fingerprint density at radius 2 is 1.92 bits per heavy atom. The molecule has 2 fully saturated rings. The maximum absolute atomic E-state index is 12.8. The number of rotatable bonds is 7. The number of carbonyl (C=O) groups is 1. The van der Waals surface area contributed by atoms with Crippen molar-refractivity contribution in [1.82, 2.24) is 14.8 Å². The molecular weight excluding hydrogens is 326 g/mol. The number of carbonyl (C=O) groups excluding carboxylic acids is 1. The quantitative estimate of drug-likeness (QED) is 0.735. The highest BCUT2D eigenvalue weighted by atomic mass is 32.2. The molecule has 0 N–H and O–H groups in total. The van der Waals surface area contributed by atoms with E-state index in [0.717, 1.165) is 24.9 Å². The molecular formula is C17H25N3O3S. The van der Waals surface area contributed by atoms with Crippen LogP contribution in [0.15, 0.2) is 24.5 Å². The maximum Gasteiger partial charge on any atom is 0.237 e. The molecule has 1 saturated heterocycles. The van der Waals surface area contributed by atoms with Gasteiger partial charge in [-0.3, -0.25) is 14.7 Å². The Hall–Kier alpha value is -1.47. The zero-order valence-electron chi connectivity index (χ0n) is 14.1. The lowest BCUT2D eigenvalue weighted by Crippen LogP contribution is -2.46. The Kier molecular flexibility index (Phi) is 5.20. The molecule has 1 aliphatic carbocycles. The molecule has 1 aliphatic heterocycles. The molecule has 6 nitrogen and oxygen atoms in total. The number of pyridine rings is 1. The van der Waals surface area contributed by atoms with Gasteiger partial charge in [0.25, 0.3) is 0 Å². The first-order valence-corrected chi connectivity index (χ1v) is 10.4. The van der Waals surface area contributed by atoms with Crippen LogP contribution in [0.5, 0.6) is 0 Å². The summed E-state index contributed by atoms with van der Waals surface area (Å²) in [4.78, 5) is 20.8. The second-order valence-corrected chi connectivity index (χ2v) is 8.96. The maximum atomic E-state index is 12.8. The summed E-state index contributed by atoms with van der Waals surface area (Å²) >= 11 is 0. The van der Waals surface area contributed by atoms with Crippen molar-refractivity contribution in [2.75, 3.05) is 24.6 Å². The van der Waals surface area contributed by atoms with Gasteiger partial charge < -0.3 is 4.90 Å². The van der Waals surface area contributed by atoms with Crippen LogP contribution in [0.25, 0.3) is 0 Å². The van der Waals surface area contributed by atoms with Crippen LogP contribution < -0.4 is 0 Å². The molecule has 1 unspecified atom stereocenters. The van der Waals surface area contributed by atoms with Gasteiger partial charge in [-0.15, -0.1) is 0 Å². The minimum absolute atomic E-state index is 0.0422. The fourth-order valence-corrected chi connectivity index (χ4v) is 5.13. The van der Waals surface area contributed by atoms with Crippen molar-refractivity contribution in [3.63, 3.8) is 0 Å². The Balaban J connectivity index is 1.64. The Morgan fingerprint density at radius 3 is 2.46 bits per heavy atom. The average Bonchev–Trinajstić information content (AvgIpc) is 3.33. The van der Waals surface area contributed by atoms with Crippen molar-refractivity contribution in [3.8, 4) is 0 Å². The van der Waals surface area contributed by atoms with Crippen molar-refractivity contribution in [2.45, 2.75) is 44.8 Å². The van der Waals surface area contributed by atoms with Gasteiger partial charge in [0.1, 0.15) is 0 Å². The van der Waals surface area contributed by atoms with E-state index in [4.69, 9.17) is 0 Å². The van der Waals surface area contributed by atoms with Gasteiger partial charge in [0.05, 0.1) is 18.1 Å². The van der Waals surface area contributed by atoms with E-state index in [1.807, 2.05) is 19.1 Å². The van der Waals surface area contributed by atoms with E-state index in [0.29, 0.717) is 25.6 Å². The fraction of sp³-hybridized carbons (Fsp3) is 0.647. The van der Waals surface area contributed by atoms with E-state index in [1.165, 1.54) is 0 Å². The third-order valence-corrected chi connectivity index (χ3v) is 6.60. The van der Waals surface area contributed by atoms with Gasteiger partial charge in [0.15, 0.2) is 9.84 Å². The molecule has 0 aromatic carbocycles. The summed E-state index contributed by atoms with van der Waals surface area (Å²) in [6.07, 6.45) is 6.36. The summed E-state index contributed by atoms with van der Waals surface area (Å²) in [7, 11) is -2.98. The van der Waals surface area contributed by atoms with Crippen LogP contribution in [-0.4, -0.2) is 65.8 Å². The van der Waals surface area contributed by atoms with Crippen molar-refractivity contribution >= 4 is 15.7 Å². The molecule has 132 valence electrons. The van der Waals surface area contributed by atoms with Gasteiger partial charge in [-0.25, -0.2) is 8.42 Å². The summed E-state index contributed by atoms with van der Waals surface area (Å²) in [6.45, 7) is 3.58. The van der Waals surface area contributed by atoms with E-state index >= 15 is 0 Å². The molecule has 2 aliphatic rings. The number of amides is 1. The minimum Gasteiger partial charge on any atom is -0.338 e. The summed E-state index contributed by atoms with van der Waals surface area (Å²) in [5, 5.41) is 0. The Labute approximate surface area is 143 Å². The standard InChI is InChI=1S/C17H25N3O3S/c1-2-20(16-7-10-24(22,23)13-16)17(21)12-19(15-3-4-15)11-14-5-8-18-9-6-14/h5-6,8-9,15-16H,2-4,7,10-13H2,1H3. The van der Waals surface area contributed by atoms with Gasteiger partial charge in [-0.2, -0.15) is 0 Å². The third kappa shape index (κ3) is 4.33. The van der Waals surface area contributed by atoms with Crippen molar-refractivity contribution in [2.24, 2.45) is 0 Å². The number of sulfone groups is 1. The number of hydrogen-bond acceptors (Lipinski definition) is 5. The normalized spacial score (nSPS) is 22.7. The smallest absolute Gasteiger partial charge is 0.237 e. The molecule has 7 heteroatoms. The summed E-state index contributed by atoms with van der Waals surface area (Å²) in [5.74, 6) is 0.353. The van der Waals surface area contributed by atoms with Gasteiger partial charge in [0, 0.05) is 37.6 Å². The lowest BCUT2D eigenvalue weighted by atomic mass is 10.2. The predicted octanol–water partition coefficient (Wildman–Crippen LogP) is 1.08. The minimum atomic E-state index is -2.98. The molecule has 1 amide bonds. The highest BCUT2D eigenvalue weighted by Crippen LogP contribution is 2.28. The van der Waals surface area contributed by atoms with E-state index in [2.05, 4.69) is 9.88 Å². The SMILES string of the molecule is CCN(C(=O)CN(Cc1ccncc1)C1CC1)C1CCS(=O)(=O)C1. The number of hydrogen-bond donors (Lipinski definition) is 0. The highest BCUT2D eigenvalue weighted by molar-refractivity contribution is 7.91. The van der Waals surface area contributed by atoms with E-state index in [9.17, 15) is 13.2 Å². The Bertz CT molecular complexity index is 674. The molecule has 3 rings (SSSR count). The lowest BCUT2D eigenvalue weighted by Gasteiger charge is -2.30. The summed E-state index contributed by atoms with van der Waals surface area (Å²) in [5.41, 5.74) is 1.15. The zero-order chi connectivity index (χ0) is 17.2. The van der Waals surface area contributed by atoms with Crippen molar-refractivity contribution < 1.29 is 13.2 Å². The highest BCUT2D eigenvalue weighted by Gasteiger charge is 2.36. The van der Waals surface area contributed by atoms with Crippen molar-refractivity contribution in [3.05, 3.63) is 30.1 Å². The molecule has 1 saturated carbocycles. The first kappa shape index (κ1) is 17.4. The number of nitrogens with zero attached hydrogens (tertiary/aromatic N) is 3. The summed E-state index contributed by atoms with van der Waals surface area (Å²) in [6, 6.07) is 4.25. The molecule has 1 aromatic heterocycles. The zero-order valence-corrected chi connectivity index (χ0v) is 14.9. The van der Waals surface area contributed by atoms with Crippen LogP contribution in [0.1, 0.15) is 31.7 Å². The van der Waals surface area contributed by atoms with Gasteiger partial charge in [-0.05, 0) is 43.9 Å². The van der Waals surface area contributed by atoms with Gasteiger partial charge in [-0.1, -0.05) is 0 Å². The topological polar surface area (TPSA) is 70.6 Å². The summed E-state index contributed by atoms with van der Waals surface area (Å²) < 4.78 is 23.4. The van der Waals surface area contributed by atoms with Crippen LogP contribution in [0.2, 0.25) is 0 Å². The van der Waals surface area contributed by atoms with E-state index in [-0.39, 0.29) is 23.5 Å². The fourth-order valence-electron chi connectivity index (χ4n) is 3.40. The predicted molar refractivity (Wildman–Crippen MR) is 92.1 cm³/mol. The van der Waals surface area contributed by atoms with Crippen LogP contribution in [0, 0.1) is 0 Å².